The number of amides is 2. The van der Waals surface area contributed by atoms with Crippen molar-refractivity contribution in [2.24, 2.45) is 0 Å². The summed E-state index contributed by atoms with van der Waals surface area (Å²) in [5, 5.41) is 24.2. The summed E-state index contributed by atoms with van der Waals surface area (Å²) in [5.41, 5.74) is 1.62. The maximum Gasteiger partial charge on any atom is 0.313 e. The molecule has 10 nitrogen and oxygen atoms in total. The molecule has 0 bridgehead atoms. The number of nitrogens with one attached hydrogen (secondary N) is 2. The van der Waals surface area contributed by atoms with Gasteiger partial charge in [-0.15, -0.1) is 27.8 Å². The second-order valence-electron chi connectivity index (χ2n) is 6.55. The van der Waals surface area contributed by atoms with Crippen LogP contribution in [0.3, 0.4) is 0 Å². The van der Waals surface area contributed by atoms with Crippen molar-refractivity contribution in [3.05, 3.63) is 62.5 Å². The zero-order chi connectivity index (χ0) is 22.0. The number of fused-ring (bicyclic) bond motifs is 1. The lowest BCUT2D eigenvalue weighted by molar-refractivity contribution is -0.384. The molecule has 2 amide bonds. The van der Waals surface area contributed by atoms with E-state index < -0.39 is 16.7 Å². The quantitative estimate of drug-likeness (QED) is 0.260. The average molecular weight is 457 g/mol. The van der Waals surface area contributed by atoms with Crippen molar-refractivity contribution in [2.45, 2.75) is 13.3 Å². The lowest BCUT2D eigenvalue weighted by atomic mass is 10.2. The predicted octanol–water partition coefficient (Wildman–Crippen LogP) is 3.03. The monoisotopic (exact) mass is 456 g/mol. The number of thiazole rings is 1. The third-order valence-electron chi connectivity index (χ3n) is 4.43. The van der Waals surface area contributed by atoms with Crippen molar-refractivity contribution in [3.8, 4) is 10.7 Å². The van der Waals surface area contributed by atoms with E-state index >= 15 is 0 Å². The minimum Gasteiger partial charge on any atom is -0.347 e. The van der Waals surface area contributed by atoms with E-state index in [1.165, 1.54) is 29.5 Å². The molecule has 0 aliphatic rings. The van der Waals surface area contributed by atoms with Crippen LogP contribution in [0, 0.1) is 17.0 Å². The van der Waals surface area contributed by atoms with Crippen molar-refractivity contribution in [2.75, 3.05) is 11.9 Å². The van der Waals surface area contributed by atoms with Crippen molar-refractivity contribution in [3.63, 3.8) is 0 Å². The molecule has 158 valence electrons. The van der Waals surface area contributed by atoms with Crippen molar-refractivity contribution in [1.29, 1.82) is 0 Å². The summed E-state index contributed by atoms with van der Waals surface area (Å²) >= 11 is 3.02. The molecule has 0 spiro atoms. The molecule has 0 atom stereocenters. The van der Waals surface area contributed by atoms with Crippen molar-refractivity contribution in [1.82, 2.24) is 19.9 Å². The van der Waals surface area contributed by atoms with Gasteiger partial charge in [-0.2, -0.15) is 4.98 Å². The Labute approximate surface area is 183 Å². The predicted molar refractivity (Wildman–Crippen MR) is 117 cm³/mol. The number of benzene rings is 1. The molecule has 0 saturated carbocycles. The van der Waals surface area contributed by atoms with Crippen LogP contribution in [-0.4, -0.2) is 37.9 Å². The van der Waals surface area contributed by atoms with Gasteiger partial charge in [-0.1, -0.05) is 6.07 Å². The Kier molecular flexibility index (Phi) is 5.73. The van der Waals surface area contributed by atoms with Gasteiger partial charge in [-0.3, -0.25) is 19.7 Å². The number of hydrogen-bond donors (Lipinski definition) is 2. The van der Waals surface area contributed by atoms with Crippen LogP contribution >= 0.6 is 22.7 Å². The van der Waals surface area contributed by atoms with E-state index in [0.29, 0.717) is 23.5 Å². The molecule has 0 aliphatic heterocycles. The highest BCUT2D eigenvalue weighted by Gasteiger charge is 2.17. The van der Waals surface area contributed by atoms with E-state index in [0.717, 1.165) is 15.5 Å². The lowest BCUT2D eigenvalue weighted by Crippen LogP contribution is -2.36. The van der Waals surface area contributed by atoms with Crippen LogP contribution in [0.2, 0.25) is 0 Å². The fraction of sp³-hybridized carbons (Fsp3) is 0.158. The summed E-state index contributed by atoms with van der Waals surface area (Å²) in [6.45, 7) is 1.86. The minimum atomic E-state index is -0.840. The SMILES string of the molecule is Cc1cc([N+](=O)[O-])ccc1NC(=O)C(=O)NCCc1csc2nc(-c3cccs3)nn12. The van der Waals surface area contributed by atoms with Crippen LogP contribution in [0.4, 0.5) is 11.4 Å². The molecule has 3 aromatic heterocycles. The molecule has 0 unspecified atom stereocenters. The Bertz CT molecular complexity index is 1280. The molecule has 2 N–H and O–H groups in total. The number of hydrogen-bond acceptors (Lipinski definition) is 8. The maximum atomic E-state index is 12.1. The number of nitrogens with zero attached hydrogens (tertiary/aromatic N) is 4. The number of nitro benzene ring substituents is 1. The number of non-ortho nitro benzene ring substituents is 1. The molecule has 0 fully saturated rings. The molecular formula is C19H16N6O4S2. The van der Waals surface area contributed by atoms with E-state index in [1.807, 2.05) is 22.9 Å². The molecule has 31 heavy (non-hydrogen) atoms. The molecule has 0 radical (unpaired) electrons. The Balaban J connectivity index is 1.34. The number of carbonyl (C=O) groups is 2. The third-order valence-corrected chi connectivity index (χ3v) is 6.16. The van der Waals surface area contributed by atoms with Crippen LogP contribution < -0.4 is 10.6 Å². The largest absolute Gasteiger partial charge is 0.347 e. The van der Waals surface area contributed by atoms with Gasteiger partial charge in [-0.25, -0.2) is 4.52 Å². The summed E-state index contributed by atoms with van der Waals surface area (Å²) < 4.78 is 1.74. The zero-order valence-corrected chi connectivity index (χ0v) is 17.8. The van der Waals surface area contributed by atoms with Crippen LogP contribution in [0.15, 0.2) is 41.1 Å². The first-order valence-electron chi connectivity index (χ1n) is 9.13. The summed E-state index contributed by atoms with van der Waals surface area (Å²) in [7, 11) is 0. The fourth-order valence-electron chi connectivity index (χ4n) is 2.87. The topological polar surface area (TPSA) is 132 Å². The highest BCUT2D eigenvalue weighted by molar-refractivity contribution is 7.15. The summed E-state index contributed by atoms with van der Waals surface area (Å²) in [5.74, 6) is -0.972. The van der Waals surface area contributed by atoms with Crippen molar-refractivity contribution >= 4 is 50.8 Å². The van der Waals surface area contributed by atoms with Crippen LogP contribution in [-0.2, 0) is 16.0 Å². The Hall–Kier alpha value is -3.64. The summed E-state index contributed by atoms with van der Waals surface area (Å²) in [4.78, 5) is 40.8. The fourth-order valence-corrected chi connectivity index (χ4v) is 4.38. The molecule has 0 saturated heterocycles. The molecule has 1 aromatic carbocycles. The van der Waals surface area contributed by atoms with E-state index in [-0.39, 0.29) is 12.2 Å². The van der Waals surface area contributed by atoms with Gasteiger partial charge in [0.15, 0.2) is 5.82 Å². The molecule has 4 rings (SSSR count). The first-order chi connectivity index (χ1) is 14.9. The normalized spacial score (nSPS) is 10.9. The Morgan fingerprint density at radius 2 is 2.06 bits per heavy atom. The minimum absolute atomic E-state index is 0.0858. The summed E-state index contributed by atoms with van der Waals surface area (Å²) in [6, 6.07) is 7.89. The van der Waals surface area contributed by atoms with Gasteiger partial charge in [0, 0.05) is 36.2 Å². The summed E-state index contributed by atoms with van der Waals surface area (Å²) in [6.07, 6.45) is 0.475. The van der Waals surface area contributed by atoms with Crippen LogP contribution in [0.25, 0.3) is 15.7 Å². The van der Waals surface area contributed by atoms with Gasteiger partial charge < -0.3 is 10.6 Å². The first kappa shape index (κ1) is 20.6. The molecule has 0 aliphatic carbocycles. The Morgan fingerprint density at radius 3 is 2.77 bits per heavy atom. The number of aryl methyl sites for hydroxylation is 1. The number of thiophene rings is 1. The smallest absolute Gasteiger partial charge is 0.313 e. The molecule has 3 heterocycles. The highest BCUT2D eigenvalue weighted by Crippen LogP contribution is 2.24. The van der Waals surface area contributed by atoms with Gasteiger partial charge >= 0.3 is 11.8 Å². The number of anilines is 1. The number of aromatic nitrogens is 3. The van der Waals surface area contributed by atoms with E-state index in [1.54, 1.807) is 22.8 Å². The molecule has 4 aromatic rings. The maximum absolute atomic E-state index is 12.1. The van der Waals surface area contributed by atoms with Crippen LogP contribution in [0.5, 0.6) is 0 Å². The van der Waals surface area contributed by atoms with Gasteiger partial charge in [0.1, 0.15) is 0 Å². The standard InChI is InChI=1S/C19H16N6O4S2/c1-11-9-12(25(28)29)4-5-14(11)21-18(27)17(26)20-7-6-13-10-31-19-22-16(23-24(13)19)15-3-2-8-30-15/h2-5,8-10H,6-7H2,1H3,(H,20,26)(H,21,27). The van der Waals surface area contributed by atoms with E-state index in [9.17, 15) is 19.7 Å². The molecule has 12 heteroatoms. The average Bonchev–Trinajstić information content (AvgIpc) is 3.46. The number of rotatable bonds is 6. The van der Waals surface area contributed by atoms with E-state index in [2.05, 4.69) is 20.7 Å². The van der Waals surface area contributed by atoms with Crippen molar-refractivity contribution < 1.29 is 14.5 Å². The third kappa shape index (κ3) is 4.44. The second-order valence-corrected chi connectivity index (χ2v) is 8.33. The van der Waals surface area contributed by atoms with Crippen LogP contribution in [0.1, 0.15) is 11.3 Å². The van der Waals surface area contributed by atoms with Gasteiger partial charge in [0.25, 0.3) is 5.69 Å². The van der Waals surface area contributed by atoms with E-state index in [4.69, 9.17) is 0 Å². The second kappa shape index (κ2) is 8.62. The van der Waals surface area contributed by atoms with Gasteiger partial charge in [0.05, 0.1) is 15.5 Å². The number of carbonyl (C=O) groups excluding carboxylic acids is 2. The Morgan fingerprint density at radius 1 is 1.23 bits per heavy atom. The van der Waals surface area contributed by atoms with Gasteiger partial charge in [-0.05, 0) is 30.0 Å². The lowest BCUT2D eigenvalue weighted by Gasteiger charge is -2.08. The number of nitro groups is 1. The van der Waals surface area contributed by atoms with Gasteiger partial charge in [0.2, 0.25) is 4.96 Å². The first-order valence-corrected chi connectivity index (χ1v) is 10.9. The zero-order valence-electron chi connectivity index (χ0n) is 16.2. The molecular weight excluding hydrogens is 440 g/mol. The highest BCUT2D eigenvalue weighted by atomic mass is 32.1.